The Bertz CT molecular complexity index is 1130. The van der Waals surface area contributed by atoms with E-state index in [1.165, 1.54) is 23.5 Å². The molecule has 152 valence electrons. The number of sulfonamides is 1. The largest absolute Gasteiger partial charge is 0.326 e. The van der Waals surface area contributed by atoms with Gasteiger partial charge in [0.2, 0.25) is 5.91 Å². The number of benzene rings is 2. The molecule has 3 rings (SSSR count). The molecular formula is C20H20ClN3O3S2. The van der Waals surface area contributed by atoms with Gasteiger partial charge in [0.25, 0.3) is 10.0 Å². The summed E-state index contributed by atoms with van der Waals surface area (Å²) < 4.78 is 27.8. The summed E-state index contributed by atoms with van der Waals surface area (Å²) in [5, 5.41) is 5.86. The van der Waals surface area contributed by atoms with Gasteiger partial charge in [0.1, 0.15) is 0 Å². The second-order valence-electron chi connectivity index (χ2n) is 6.67. The van der Waals surface area contributed by atoms with Crippen LogP contribution in [0.3, 0.4) is 0 Å². The van der Waals surface area contributed by atoms with Gasteiger partial charge in [0.05, 0.1) is 32.7 Å². The molecule has 6 nitrogen and oxygen atoms in total. The number of rotatable bonds is 7. The van der Waals surface area contributed by atoms with E-state index in [0.717, 1.165) is 5.01 Å². The molecule has 2 aromatic carbocycles. The molecule has 9 heteroatoms. The summed E-state index contributed by atoms with van der Waals surface area (Å²) in [6.07, 6.45) is 0.123. The third kappa shape index (κ3) is 5.56. The van der Waals surface area contributed by atoms with Crippen molar-refractivity contribution in [3.63, 3.8) is 0 Å². The normalized spacial score (nSPS) is 11.4. The molecule has 0 aliphatic carbocycles. The lowest BCUT2D eigenvalue weighted by atomic mass is 10.2. The van der Waals surface area contributed by atoms with Crippen molar-refractivity contribution >= 4 is 50.2 Å². The van der Waals surface area contributed by atoms with Crippen LogP contribution in [-0.4, -0.2) is 19.3 Å². The van der Waals surface area contributed by atoms with E-state index in [1.54, 1.807) is 36.4 Å². The molecule has 0 saturated carbocycles. The Hall–Kier alpha value is -2.42. The zero-order valence-electron chi connectivity index (χ0n) is 15.8. The Morgan fingerprint density at radius 3 is 2.62 bits per heavy atom. The predicted molar refractivity (Wildman–Crippen MR) is 117 cm³/mol. The van der Waals surface area contributed by atoms with E-state index >= 15 is 0 Å². The maximum Gasteiger partial charge on any atom is 0.262 e. The average molecular weight is 450 g/mol. The highest BCUT2D eigenvalue weighted by Crippen LogP contribution is 2.25. The number of carbonyl (C=O) groups excluding carboxylic acids is 1. The van der Waals surface area contributed by atoms with Crippen molar-refractivity contribution < 1.29 is 13.2 Å². The highest BCUT2D eigenvalue weighted by atomic mass is 35.5. The Kier molecular flexibility index (Phi) is 6.56. The van der Waals surface area contributed by atoms with Gasteiger partial charge in [-0.25, -0.2) is 13.4 Å². The molecular weight excluding hydrogens is 430 g/mol. The Balaban J connectivity index is 1.71. The molecule has 0 saturated heterocycles. The highest BCUT2D eigenvalue weighted by Gasteiger charge is 2.17. The molecule has 2 N–H and O–H groups in total. The van der Waals surface area contributed by atoms with Crippen LogP contribution < -0.4 is 10.0 Å². The van der Waals surface area contributed by atoms with Crippen LogP contribution in [0.15, 0.2) is 58.8 Å². The fraction of sp³-hybridized carbons (Fsp3) is 0.200. The first-order valence-electron chi connectivity index (χ1n) is 8.86. The van der Waals surface area contributed by atoms with Crippen LogP contribution >= 0.6 is 22.9 Å². The third-order valence-corrected chi connectivity index (χ3v) is 6.84. The molecule has 1 aromatic heterocycles. The van der Waals surface area contributed by atoms with Crippen LogP contribution in [0.25, 0.3) is 0 Å². The average Bonchev–Trinajstić information content (AvgIpc) is 3.12. The molecule has 1 heterocycles. The van der Waals surface area contributed by atoms with Crippen LogP contribution in [0.2, 0.25) is 5.02 Å². The lowest BCUT2D eigenvalue weighted by Gasteiger charge is -2.11. The number of carbonyl (C=O) groups is 1. The number of nitrogens with zero attached hydrogens (tertiary/aromatic N) is 1. The van der Waals surface area contributed by atoms with Gasteiger partial charge in [0.15, 0.2) is 0 Å². The van der Waals surface area contributed by atoms with Crippen LogP contribution in [0.4, 0.5) is 11.4 Å². The van der Waals surface area contributed by atoms with Crippen LogP contribution in [0, 0.1) is 0 Å². The van der Waals surface area contributed by atoms with Crippen molar-refractivity contribution in [3.8, 4) is 0 Å². The van der Waals surface area contributed by atoms with Crippen molar-refractivity contribution in [3.05, 3.63) is 69.6 Å². The minimum atomic E-state index is -3.86. The summed E-state index contributed by atoms with van der Waals surface area (Å²) >= 11 is 7.55. The van der Waals surface area contributed by atoms with Gasteiger partial charge in [0, 0.05) is 17.0 Å². The number of nitrogens with one attached hydrogen (secondary N) is 2. The number of aromatic nitrogens is 1. The summed E-state index contributed by atoms with van der Waals surface area (Å²) in [6, 6.07) is 12.6. The summed E-state index contributed by atoms with van der Waals surface area (Å²) in [5.41, 5.74) is 1.37. The minimum Gasteiger partial charge on any atom is -0.326 e. The van der Waals surface area contributed by atoms with Crippen LogP contribution in [0.1, 0.15) is 30.5 Å². The molecule has 0 aliphatic heterocycles. The maximum absolute atomic E-state index is 12.7. The molecule has 1 amide bonds. The van der Waals surface area contributed by atoms with E-state index < -0.39 is 10.0 Å². The van der Waals surface area contributed by atoms with Crippen LogP contribution in [-0.2, 0) is 21.2 Å². The van der Waals surface area contributed by atoms with Gasteiger partial charge in [-0.1, -0.05) is 43.6 Å². The van der Waals surface area contributed by atoms with Gasteiger partial charge < -0.3 is 5.32 Å². The number of hydrogen-bond acceptors (Lipinski definition) is 5. The fourth-order valence-corrected chi connectivity index (χ4v) is 4.73. The van der Waals surface area contributed by atoms with Crippen molar-refractivity contribution in [2.75, 3.05) is 10.0 Å². The molecule has 29 heavy (non-hydrogen) atoms. The molecule has 0 fully saturated rings. The summed E-state index contributed by atoms with van der Waals surface area (Å²) in [7, 11) is -3.86. The molecule has 3 aromatic rings. The molecule has 0 radical (unpaired) electrons. The molecule has 0 unspecified atom stereocenters. The van der Waals surface area contributed by atoms with E-state index in [4.69, 9.17) is 11.6 Å². The second-order valence-corrected chi connectivity index (χ2v) is 9.65. The van der Waals surface area contributed by atoms with Gasteiger partial charge in [-0.2, -0.15) is 0 Å². The molecule has 0 spiro atoms. The maximum atomic E-state index is 12.7. The Morgan fingerprint density at radius 2 is 1.93 bits per heavy atom. The first kappa shape index (κ1) is 21.3. The zero-order chi connectivity index (χ0) is 21.0. The number of para-hydroxylation sites is 1. The monoisotopic (exact) mass is 449 g/mol. The van der Waals surface area contributed by atoms with Crippen molar-refractivity contribution in [1.82, 2.24) is 4.98 Å². The fourth-order valence-electron chi connectivity index (χ4n) is 2.53. The topological polar surface area (TPSA) is 88.2 Å². The minimum absolute atomic E-state index is 0.0194. The standard InChI is InChI=1S/C20H20ClN3O3S2/c1-13(2)20-23-15(12-28-20)11-19(25)22-14-6-5-7-16(10-14)29(26,27)24-18-9-4-3-8-17(18)21/h3-10,12-13,24H,11H2,1-2H3,(H,22,25). The lowest BCUT2D eigenvalue weighted by Crippen LogP contribution is -2.16. The quantitative estimate of drug-likeness (QED) is 0.536. The Morgan fingerprint density at radius 1 is 1.17 bits per heavy atom. The van der Waals surface area contributed by atoms with Gasteiger partial charge in [-0.3, -0.25) is 9.52 Å². The number of halogens is 1. The van der Waals surface area contributed by atoms with Crippen molar-refractivity contribution in [2.45, 2.75) is 31.1 Å². The van der Waals surface area contributed by atoms with Crippen molar-refractivity contribution in [2.24, 2.45) is 0 Å². The number of anilines is 2. The molecule has 0 aliphatic rings. The third-order valence-electron chi connectivity index (χ3n) is 3.95. The first-order chi connectivity index (χ1) is 13.7. The highest BCUT2D eigenvalue weighted by molar-refractivity contribution is 7.92. The summed E-state index contributed by atoms with van der Waals surface area (Å²) in [6.45, 7) is 4.09. The summed E-state index contributed by atoms with van der Waals surface area (Å²) in [5.74, 6) is 0.0449. The second kappa shape index (κ2) is 8.94. The number of thiazole rings is 1. The van der Waals surface area contributed by atoms with Crippen LogP contribution in [0.5, 0.6) is 0 Å². The van der Waals surface area contributed by atoms with Crippen molar-refractivity contribution in [1.29, 1.82) is 0 Å². The molecule has 0 atom stereocenters. The van der Waals surface area contributed by atoms with Gasteiger partial charge in [-0.15, -0.1) is 11.3 Å². The van der Waals surface area contributed by atoms with Gasteiger partial charge in [-0.05, 0) is 30.3 Å². The SMILES string of the molecule is CC(C)c1nc(CC(=O)Nc2cccc(S(=O)(=O)Nc3ccccc3Cl)c2)cs1. The lowest BCUT2D eigenvalue weighted by molar-refractivity contribution is -0.115. The number of hydrogen-bond donors (Lipinski definition) is 2. The van der Waals surface area contributed by atoms with E-state index in [9.17, 15) is 13.2 Å². The summed E-state index contributed by atoms with van der Waals surface area (Å²) in [4.78, 5) is 16.8. The Labute approximate surface area is 179 Å². The zero-order valence-corrected chi connectivity index (χ0v) is 18.2. The van der Waals surface area contributed by atoms with E-state index in [1.807, 2.05) is 19.2 Å². The number of amides is 1. The predicted octanol–water partition coefficient (Wildman–Crippen LogP) is 4.90. The smallest absolute Gasteiger partial charge is 0.262 e. The first-order valence-corrected chi connectivity index (χ1v) is 11.6. The molecule has 0 bridgehead atoms. The van der Waals surface area contributed by atoms with E-state index in [0.29, 0.717) is 22.3 Å². The van der Waals surface area contributed by atoms with E-state index in [-0.39, 0.29) is 22.9 Å². The van der Waals surface area contributed by atoms with E-state index in [2.05, 4.69) is 15.0 Å². The van der Waals surface area contributed by atoms with Gasteiger partial charge >= 0.3 is 0 Å².